The van der Waals surface area contributed by atoms with E-state index < -0.39 is 11.5 Å². The highest BCUT2D eigenvalue weighted by molar-refractivity contribution is 5.80. The summed E-state index contributed by atoms with van der Waals surface area (Å²) in [7, 11) is 3.94. The molecule has 0 spiro atoms. The predicted molar refractivity (Wildman–Crippen MR) is 61.6 cm³/mol. The van der Waals surface area contributed by atoms with Gasteiger partial charge in [-0.3, -0.25) is 4.79 Å². The van der Waals surface area contributed by atoms with Gasteiger partial charge in [-0.1, -0.05) is 0 Å². The second kappa shape index (κ2) is 5.61. The number of likely N-dealkylation sites (N-methyl/N-ethyl adjacent to an activating group) is 1. The molecule has 1 aliphatic carbocycles. The quantitative estimate of drug-likeness (QED) is 0.652. The van der Waals surface area contributed by atoms with E-state index >= 15 is 0 Å². The van der Waals surface area contributed by atoms with Gasteiger partial charge in [0, 0.05) is 32.5 Å². The fraction of sp³-hybridized carbons (Fsp3) is 0.909. The number of carboxylic acid groups (broad SMARTS) is 1. The van der Waals surface area contributed by atoms with Crippen molar-refractivity contribution in [3.63, 3.8) is 0 Å². The first-order valence-electron chi connectivity index (χ1n) is 5.75. The summed E-state index contributed by atoms with van der Waals surface area (Å²) in [6.07, 6.45) is 1.25. The van der Waals surface area contributed by atoms with Crippen molar-refractivity contribution < 1.29 is 14.6 Å². The SMILES string of the molecule is CCOC1CC(NCCN(C)C)(C(=O)O)C1. The van der Waals surface area contributed by atoms with Crippen LogP contribution in [0.2, 0.25) is 0 Å². The molecule has 16 heavy (non-hydrogen) atoms. The van der Waals surface area contributed by atoms with Gasteiger partial charge in [0.2, 0.25) is 0 Å². The molecule has 0 unspecified atom stereocenters. The number of nitrogens with one attached hydrogen (secondary N) is 1. The molecule has 1 rings (SSSR count). The van der Waals surface area contributed by atoms with Crippen LogP contribution in [0.5, 0.6) is 0 Å². The number of nitrogens with zero attached hydrogens (tertiary/aromatic N) is 1. The Labute approximate surface area is 96.8 Å². The maximum atomic E-state index is 11.2. The van der Waals surface area contributed by atoms with E-state index in [2.05, 4.69) is 5.32 Å². The van der Waals surface area contributed by atoms with Crippen LogP contribution in [0.25, 0.3) is 0 Å². The lowest BCUT2D eigenvalue weighted by atomic mass is 9.74. The van der Waals surface area contributed by atoms with E-state index in [0.717, 1.165) is 6.54 Å². The molecule has 0 aliphatic heterocycles. The van der Waals surface area contributed by atoms with Crippen molar-refractivity contribution in [1.29, 1.82) is 0 Å². The highest BCUT2D eigenvalue weighted by atomic mass is 16.5. The fourth-order valence-corrected chi connectivity index (χ4v) is 1.98. The van der Waals surface area contributed by atoms with Crippen LogP contribution >= 0.6 is 0 Å². The van der Waals surface area contributed by atoms with Crippen LogP contribution in [0.3, 0.4) is 0 Å². The lowest BCUT2D eigenvalue weighted by Crippen LogP contribution is -2.64. The van der Waals surface area contributed by atoms with Crippen LogP contribution in [0.15, 0.2) is 0 Å². The van der Waals surface area contributed by atoms with Crippen LogP contribution in [0, 0.1) is 0 Å². The zero-order valence-electron chi connectivity index (χ0n) is 10.3. The number of hydrogen-bond donors (Lipinski definition) is 2. The topological polar surface area (TPSA) is 61.8 Å². The molecule has 0 amide bonds. The van der Waals surface area contributed by atoms with Crippen LogP contribution < -0.4 is 5.32 Å². The first-order valence-corrected chi connectivity index (χ1v) is 5.75. The van der Waals surface area contributed by atoms with Gasteiger partial charge in [0.05, 0.1) is 6.10 Å². The molecule has 1 fully saturated rings. The highest BCUT2D eigenvalue weighted by Gasteiger charge is 2.50. The number of carbonyl (C=O) groups is 1. The molecule has 0 aromatic heterocycles. The van der Waals surface area contributed by atoms with Gasteiger partial charge in [-0.2, -0.15) is 0 Å². The summed E-state index contributed by atoms with van der Waals surface area (Å²) in [5.41, 5.74) is -0.754. The molecule has 94 valence electrons. The largest absolute Gasteiger partial charge is 0.480 e. The third-order valence-corrected chi connectivity index (χ3v) is 2.99. The minimum absolute atomic E-state index is 0.105. The van der Waals surface area contributed by atoms with Crippen LogP contribution in [-0.2, 0) is 9.53 Å². The maximum absolute atomic E-state index is 11.2. The number of aliphatic carboxylic acids is 1. The monoisotopic (exact) mass is 230 g/mol. The van der Waals surface area contributed by atoms with Gasteiger partial charge >= 0.3 is 5.97 Å². The Kier molecular flexibility index (Phi) is 4.70. The number of hydrogen-bond acceptors (Lipinski definition) is 4. The predicted octanol–water partition coefficient (Wildman–Crippen LogP) is 0.160. The van der Waals surface area contributed by atoms with Crippen LogP contribution in [0.1, 0.15) is 19.8 Å². The first-order chi connectivity index (χ1) is 7.50. The van der Waals surface area contributed by atoms with E-state index in [9.17, 15) is 9.90 Å². The van der Waals surface area contributed by atoms with Crippen LogP contribution in [-0.4, -0.2) is 61.4 Å². The van der Waals surface area contributed by atoms with Gasteiger partial charge in [0.25, 0.3) is 0 Å². The van der Waals surface area contributed by atoms with E-state index in [1.165, 1.54) is 0 Å². The van der Waals surface area contributed by atoms with E-state index in [-0.39, 0.29) is 6.10 Å². The first kappa shape index (κ1) is 13.4. The van der Waals surface area contributed by atoms with Gasteiger partial charge in [0.1, 0.15) is 5.54 Å². The van der Waals surface area contributed by atoms with Gasteiger partial charge in [0.15, 0.2) is 0 Å². The van der Waals surface area contributed by atoms with Crippen molar-refractivity contribution >= 4 is 5.97 Å². The molecule has 5 heteroatoms. The maximum Gasteiger partial charge on any atom is 0.324 e. The van der Waals surface area contributed by atoms with E-state index in [1.807, 2.05) is 25.9 Å². The number of ether oxygens (including phenoxy) is 1. The molecule has 0 saturated heterocycles. The number of rotatable bonds is 7. The Bertz CT molecular complexity index is 237. The Hall–Kier alpha value is -0.650. The fourth-order valence-electron chi connectivity index (χ4n) is 1.98. The van der Waals surface area contributed by atoms with Crippen molar-refractivity contribution in [1.82, 2.24) is 10.2 Å². The van der Waals surface area contributed by atoms with Gasteiger partial charge in [-0.25, -0.2) is 0 Å². The zero-order valence-corrected chi connectivity index (χ0v) is 10.3. The van der Waals surface area contributed by atoms with E-state index in [0.29, 0.717) is 26.0 Å². The molecule has 0 atom stereocenters. The molecule has 0 bridgehead atoms. The average molecular weight is 230 g/mol. The van der Waals surface area contributed by atoms with Crippen molar-refractivity contribution in [3.8, 4) is 0 Å². The Morgan fingerprint density at radius 1 is 1.56 bits per heavy atom. The van der Waals surface area contributed by atoms with Crippen LogP contribution in [0.4, 0.5) is 0 Å². The summed E-state index contributed by atoms with van der Waals surface area (Å²) in [5, 5.41) is 12.3. The molecule has 1 saturated carbocycles. The lowest BCUT2D eigenvalue weighted by molar-refractivity contribution is -0.157. The van der Waals surface area contributed by atoms with Gasteiger partial charge < -0.3 is 20.1 Å². The summed E-state index contributed by atoms with van der Waals surface area (Å²) in [4.78, 5) is 13.2. The van der Waals surface area contributed by atoms with Gasteiger partial charge in [-0.15, -0.1) is 0 Å². The smallest absolute Gasteiger partial charge is 0.324 e. The Morgan fingerprint density at radius 2 is 2.19 bits per heavy atom. The Morgan fingerprint density at radius 3 is 2.62 bits per heavy atom. The summed E-state index contributed by atoms with van der Waals surface area (Å²) in [6.45, 7) is 4.12. The summed E-state index contributed by atoms with van der Waals surface area (Å²) in [6, 6.07) is 0. The highest BCUT2D eigenvalue weighted by Crippen LogP contribution is 2.34. The number of carboxylic acids is 1. The molecule has 2 N–H and O–H groups in total. The second-order valence-corrected chi connectivity index (χ2v) is 4.60. The zero-order chi connectivity index (χ0) is 12.2. The van der Waals surface area contributed by atoms with Crippen molar-refractivity contribution in [3.05, 3.63) is 0 Å². The lowest BCUT2D eigenvalue weighted by Gasteiger charge is -2.44. The standard InChI is InChI=1S/C11H22N2O3/c1-4-16-9-7-11(8-9,10(14)15)12-5-6-13(2)3/h9,12H,4-8H2,1-3H3,(H,14,15). The summed E-state index contributed by atoms with van der Waals surface area (Å²) < 4.78 is 5.40. The molecule has 0 aromatic rings. The van der Waals surface area contributed by atoms with E-state index in [4.69, 9.17) is 4.74 Å². The molecular weight excluding hydrogens is 208 g/mol. The molecule has 1 aliphatic rings. The normalized spacial score (nSPS) is 29.1. The molecular formula is C11H22N2O3. The molecule has 0 radical (unpaired) electrons. The Balaban J connectivity index is 2.36. The molecule has 0 aromatic carbocycles. The third-order valence-electron chi connectivity index (χ3n) is 2.99. The van der Waals surface area contributed by atoms with E-state index in [1.54, 1.807) is 0 Å². The van der Waals surface area contributed by atoms with Gasteiger partial charge in [-0.05, 0) is 21.0 Å². The van der Waals surface area contributed by atoms with Crippen molar-refractivity contribution in [2.24, 2.45) is 0 Å². The van der Waals surface area contributed by atoms with Crippen molar-refractivity contribution in [2.45, 2.75) is 31.4 Å². The minimum Gasteiger partial charge on any atom is -0.480 e. The van der Waals surface area contributed by atoms with Crippen molar-refractivity contribution in [2.75, 3.05) is 33.8 Å². The summed E-state index contributed by atoms with van der Waals surface area (Å²) >= 11 is 0. The molecule has 5 nitrogen and oxygen atoms in total. The minimum atomic E-state index is -0.762. The average Bonchev–Trinajstić information content (AvgIpc) is 2.12. The third kappa shape index (κ3) is 3.17. The molecule has 0 heterocycles. The second-order valence-electron chi connectivity index (χ2n) is 4.60. The summed E-state index contributed by atoms with van der Waals surface area (Å²) in [5.74, 6) is -0.762.